The van der Waals surface area contributed by atoms with E-state index in [1.165, 1.54) is 32.1 Å². The maximum atomic E-state index is 12.2. The molecule has 0 amide bonds. The molecule has 7 aliphatic carbocycles. The van der Waals surface area contributed by atoms with Crippen molar-refractivity contribution in [2.75, 3.05) is 0 Å². The van der Waals surface area contributed by atoms with Gasteiger partial charge in [0.1, 0.15) is 5.60 Å². The van der Waals surface area contributed by atoms with Gasteiger partial charge in [-0.05, 0) is 75.0 Å². The smallest absolute Gasteiger partial charge is 0.333 e. The molecule has 0 aliphatic heterocycles. The van der Waals surface area contributed by atoms with Gasteiger partial charge in [0.2, 0.25) is 0 Å². The summed E-state index contributed by atoms with van der Waals surface area (Å²) in [4.78, 5) is 12.2. The molecule has 20 heavy (non-hydrogen) atoms. The molecule has 0 aromatic heterocycles. The van der Waals surface area contributed by atoms with Gasteiger partial charge < -0.3 is 4.74 Å². The Balaban J connectivity index is 1.58. The number of hydrogen-bond acceptors (Lipinski definition) is 2. The van der Waals surface area contributed by atoms with E-state index in [4.69, 9.17) is 4.74 Å². The standard InChI is InChI=1S/C18H24O2/c1-9(2)17(19)20-18-8-11-4-13-12-3-10(6-15(13)18)7-16(18)14(12)5-11/h10-16H,1,3-8H2,2H3. The Labute approximate surface area is 120 Å². The highest BCUT2D eigenvalue weighted by Gasteiger charge is 2.71. The second-order valence-corrected chi connectivity index (χ2v) is 8.44. The monoisotopic (exact) mass is 272 g/mol. The van der Waals surface area contributed by atoms with E-state index in [1.807, 2.05) is 0 Å². The summed E-state index contributed by atoms with van der Waals surface area (Å²) < 4.78 is 6.21. The van der Waals surface area contributed by atoms with Crippen LogP contribution in [0, 0.1) is 41.4 Å². The summed E-state index contributed by atoms with van der Waals surface area (Å²) >= 11 is 0. The Kier molecular flexibility index (Phi) is 2.07. The number of ether oxygens (including phenoxy) is 1. The van der Waals surface area contributed by atoms with Gasteiger partial charge >= 0.3 is 5.97 Å². The lowest BCUT2D eigenvalue weighted by Crippen LogP contribution is -2.72. The van der Waals surface area contributed by atoms with Crippen molar-refractivity contribution in [1.29, 1.82) is 0 Å². The summed E-state index contributed by atoms with van der Waals surface area (Å²) in [7, 11) is 0. The molecule has 7 aliphatic rings. The van der Waals surface area contributed by atoms with Crippen LogP contribution in [0.5, 0.6) is 0 Å². The first kappa shape index (κ1) is 11.8. The third-order valence-electron chi connectivity index (χ3n) is 7.62. The zero-order chi connectivity index (χ0) is 13.6. The van der Waals surface area contributed by atoms with E-state index in [9.17, 15) is 4.79 Å². The highest BCUT2D eigenvalue weighted by molar-refractivity contribution is 5.87. The second-order valence-electron chi connectivity index (χ2n) is 8.44. The fraction of sp³-hybridized carbons (Fsp3) is 0.833. The van der Waals surface area contributed by atoms with E-state index >= 15 is 0 Å². The maximum Gasteiger partial charge on any atom is 0.333 e. The lowest BCUT2D eigenvalue weighted by molar-refractivity contribution is -0.293. The maximum absolute atomic E-state index is 12.2. The predicted octanol–water partition coefficient (Wildman–Crippen LogP) is 3.57. The minimum Gasteiger partial charge on any atom is -0.455 e. The first-order valence-electron chi connectivity index (χ1n) is 8.47. The van der Waals surface area contributed by atoms with Crippen molar-refractivity contribution in [2.45, 2.75) is 51.0 Å². The summed E-state index contributed by atoms with van der Waals surface area (Å²) in [6, 6.07) is 0. The summed E-state index contributed by atoms with van der Waals surface area (Å²) in [5.74, 6) is 5.73. The van der Waals surface area contributed by atoms with Crippen LogP contribution in [0.1, 0.15) is 45.4 Å². The van der Waals surface area contributed by atoms with Crippen molar-refractivity contribution in [3.8, 4) is 0 Å². The molecular formula is C18H24O2. The van der Waals surface area contributed by atoms with Gasteiger partial charge in [0.25, 0.3) is 0 Å². The highest BCUT2D eigenvalue weighted by atomic mass is 16.6. The Bertz CT molecular complexity index is 484. The van der Waals surface area contributed by atoms with Crippen LogP contribution in [0.3, 0.4) is 0 Å². The van der Waals surface area contributed by atoms with Gasteiger partial charge in [0.15, 0.2) is 0 Å². The van der Waals surface area contributed by atoms with E-state index in [0.717, 1.165) is 36.0 Å². The molecule has 0 saturated heterocycles. The summed E-state index contributed by atoms with van der Waals surface area (Å²) in [6.45, 7) is 5.58. The number of carbonyl (C=O) groups is 1. The van der Waals surface area contributed by atoms with Gasteiger partial charge in [-0.25, -0.2) is 4.79 Å². The van der Waals surface area contributed by atoms with Crippen LogP contribution in [0.4, 0.5) is 0 Å². The molecule has 0 aromatic rings. The summed E-state index contributed by atoms with van der Waals surface area (Å²) in [5.41, 5.74) is 0.490. The number of carbonyl (C=O) groups excluding carboxylic acids is 1. The highest BCUT2D eigenvalue weighted by Crippen LogP contribution is 2.73. The van der Waals surface area contributed by atoms with Gasteiger partial charge in [0.05, 0.1) is 0 Å². The van der Waals surface area contributed by atoms with Crippen molar-refractivity contribution in [2.24, 2.45) is 41.4 Å². The van der Waals surface area contributed by atoms with E-state index in [-0.39, 0.29) is 11.6 Å². The number of hydrogen-bond donors (Lipinski definition) is 0. The quantitative estimate of drug-likeness (QED) is 0.567. The van der Waals surface area contributed by atoms with Crippen LogP contribution in [0.25, 0.3) is 0 Å². The molecule has 0 aromatic carbocycles. The zero-order valence-electron chi connectivity index (χ0n) is 12.3. The molecule has 0 spiro atoms. The second kappa shape index (κ2) is 3.51. The van der Waals surface area contributed by atoms with Gasteiger partial charge in [-0.1, -0.05) is 6.58 Å². The molecule has 7 saturated carbocycles. The Morgan fingerprint density at radius 2 is 1.60 bits per heavy atom. The molecule has 2 heteroatoms. The Morgan fingerprint density at radius 1 is 1.00 bits per heavy atom. The lowest BCUT2D eigenvalue weighted by atomic mass is 9.34. The van der Waals surface area contributed by atoms with Gasteiger partial charge in [-0.15, -0.1) is 0 Å². The van der Waals surface area contributed by atoms with Crippen molar-refractivity contribution in [3.05, 3.63) is 12.2 Å². The third-order valence-corrected chi connectivity index (χ3v) is 7.62. The molecule has 108 valence electrons. The molecule has 0 radical (unpaired) electrons. The molecule has 0 heterocycles. The minimum absolute atomic E-state index is 0.0834. The van der Waals surface area contributed by atoms with Crippen LogP contribution >= 0.6 is 0 Å². The lowest BCUT2D eigenvalue weighted by Gasteiger charge is -2.73. The molecule has 4 atom stereocenters. The normalized spacial score (nSPS) is 57.1. The first-order chi connectivity index (χ1) is 9.58. The molecule has 2 nitrogen and oxygen atoms in total. The fourth-order valence-electron chi connectivity index (χ4n) is 7.32. The van der Waals surface area contributed by atoms with Crippen LogP contribution in [-0.2, 0) is 9.53 Å². The Hall–Kier alpha value is -0.790. The van der Waals surface area contributed by atoms with E-state index in [0.29, 0.717) is 17.4 Å². The van der Waals surface area contributed by atoms with E-state index in [2.05, 4.69) is 6.58 Å². The van der Waals surface area contributed by atoms with Crippen molar-refractivity contribution in [1.82, 2.24) is 0 Å². The largest absolute Gasteiger partial charge is 0.455 e. The molecule has 0 N–H and O–H groups in total. The molecule has 8 bridgehead atoms. The number of esters is 1. The van der Waals surface area contributed by atoms with Crippen molar-refractivity contribution >= 4 is 5.97 Å². The SMILES string of the molecule is C=C(C)C(=O)OC12CC3CC4C5CC(CC41)CC2C5C3. The molecule has 7 fully saturated rings. The van der Waals surface area contributed by atoms with Crippen LogP contribution in [-0.4, -0.2) is 11.6 Å². The van der Waals surface area contributed by atoms with E-state index < -0.39 is 0 Å². The van der Waals surface area contributed by atoms with E-state index in [1.54, 1.807) is 6.92 Å². The Morgan fingerprint density at radius 3 is 2.20 bits per heavy atom. The third kappa shape index (κ3) is 1.21. The zero-order valence-corrected chi connectivity index (χ0v) is 12.3. The van der Waals surface area contributed by atoms with Crippen LogP contribution in [0.2, 0.25) is 0 Å². The van der Waals surface area contributed by atoms with Crippen molar-refractivity contribution in [3.63, 3.8) is 0 Å². The average Bonchev–Trinajstić information content (AvgIpc) is 2.43. The van der Waals surface area contributed by atoms with Gasteiger partial charge in [-0.2, -0.15) is 0 Å². The van der Waals surface area contributed by atoms with Crippen LogP contribution in [0.15, 0.2) is 12.2 Å². The first-order valence-corrected chi connectivity index (χ1v) is 8.47. The number of rotatable bonds is 2. The minimum atomic E-state index is -0.127. The average molecular weight is 272 g/mol. The summed E-state index contributed by atoms with van der Waals surface area (Å²) in [5, 5.41) is 0. The summed E-state index contributed by atoms with van der Waals surface area (Å²) in [6.07, 6.45) is 8.17. The molecular weight excluding hydrogens is 248 g/mol. The topological polar surface area (TPSA) is 26.3 Å². The molecule has 7 rings (SSSR count). The van der Waals surface area contributed by atoms with Gasteiger partial charge in [-0.3, -0.25) is 0 Å². The van der Waals surface area contributed by atoms with Gasteiger partial charge in [0, 0.05) is 17.4 Å². The molecule has 4 unspecified atom stereocenters. The van der Waals surface area contributed by atoms with Crippen LogP contribution < -0.4 is 0 Å². The predicted molar refractivity (Wildman–Crippen MR) is 75.8 cm³/mol. The fourth-order valence-corrected chi connectivity index (χ4v) is 7.32. The van der Waals surface area contributed by atoms with Crippen molar-refractivity contribution < 1.29 is 9.53 Å².